The first-order chi connectivity index (χ1) is 19.3. The number of benzene rings is 6. The third-order valence-corrected chi connectivity index (χ3v) is 16.3. The first kappa shape index (κ1) is 30.5. The van der Waals surface area contributed by atoms with Gasteiger partial charge in [0.05, 0.1) is 0 Å². The topological polar surface area (TPSA) is 12.4 Å². The van der Waals surface area contributed by atoms with E-state index < -0.39 is 14.5 Å². The summed E-state index contributed by atoms with van der Waals surface area (Å²) < 4.78 is 6.41. The van der Waals surface area contributed by atoms with Gasteiger partial charge in [-0.3, -0.25) is 0 Å². The van der Waals surface area contributed by atoms with Gasteiger partial charge in [-0.1, -0.05) is 0 Å². The van der Waals surface area contributed by atoms with E-state index in [4.69, 9.17) is 4.52 Å². The van der Waals surface area contributed by atoms with Crippen LogP contribution >= 0.6 is 39.3 Å². The van der Waals surface area contributed by atoms with E-state index in [1.54, 1.807) is 0 Å². The van der Waals surface area contributed by atoms with Crippen molar-refractivity contribution < 1.29 is 0 Å². The molecule has 0 aliphatic rings. The fraction of sp³-hybridized carbons (Fsp3) is 0. The van der Waals surface area contributed by atoms with Crippen LogP contribution in [0.5, 0.6) is 0 Å². The molecule has 0 unspecified atom stereocenters. The third kappa shape index (κ3) is 5.83. The van der Waals surface area contributed by atoms with Gasteiger partial charge in [0, 0.05) is 0 Å². The van der Waals surface area contributed by atoms with Crippen LogP contribution in [0.4, 0.5) is 0 Å². The van der Waals surface area contributed by atoms with Crippen LogP contribution in [0.1, 0.15) is 0 Å². The van der Waals surface area contributed by atoms with Crippen LogP contribution in [0, 0.1) is 0 Å². The van der Waals surface area contributed by atoms with Crippen molar-refractivity contribution in [3.63, 3.8) is 0 Å². The molecule has 0 aliphatic carbocycles. The van der Waals surface area contributed by atoms with Gasteiger partial charge in [-0.2, -0.15) is 0 Å². The Balaban J connectivity index is 0.00000194. The number of hydrogen-bond acceptors (Lipinski definition) is 1. The molecule has 6 aromatic carbocycles. The second-order valence-electron chi connectivity index (χ2n) is 9.55. The average Bonchev–Trinajstić information content (AvgIpc) is 3.04. The molecule has 0 heterocycles. The molecular formula is C36H33Cl2NP2. The summed E-state index contributed by atoms with van der Waals surface area (Å²) in [6.07, 6.45) is 0. The first-order valence-electron chi connectivity index (χ1n) is 13.3. The molecule has 0 saturated carbocycles. The zero-order chi connectivity index (χ0) is 26.4. The first-order valence-corrected chi connectivity index (χ1v) is 17.0. The van der Waals surface area contributed by atoms with Gasteiger partial charge in [0.1, 0.15) is 0 Å². The van der Waals surface area contributed by atoms with Gasteiger partial charge >= 0.3 is 233 Å². The van der Waals surface area contributed by atoms with Crippen LogP contribution in [-0.4, -0.2) is 0 Å². The van der Waals surface area contributed by atoms with Crippen LogP contribution < -0.4 is 31.8 Å². The van der Waals surface area contributed by atoms with E-state index in [1.807, 2.05) is 0 Å². The second-order valence-corrected chi connectivity index (χ2v) is 16.3. The van der Waals surface area contributed by atoms with Crippen molar-refractivity contribution in [1.29, 1.82) is 0 Å². The van der Waals surface area contributed by atoms with E-state index in [0.29, 0.717) is 0 Å². The molecule has 0 N–H and O–H groups in total. The maximum absolute atomic E-state index is 6.41. The van der Waals surface area contributed by atoms with Crippen LogP contribution in [0.2, 0.25) is 0 Å². The van der Waals surface area contributed by atoms with E-state index in [0.717, 1.165) is 0 Å². The molecule has 206 valence electrons. The fourth-order valence-electron chi connectivity index (χ4n) is 5.49. The molecule has 0 fully saturated rings. The van der Waals surface area contributed by atoms with Crippen LogP contribution in [0.3, 0.4) is 0 Å². The molecular weight excluding hydrogens is 579 g/mol. The molecule has 0 amide bonds. The molecule has 0 bridgehead atoms. The van der Waals surface area contributed by atoms with Gasteiger partial charge in [0.2, 0.25) is 0 Å². The van der Waals surface area contributed by atoms with Crippen LogP contribution in [0.25, 0.3) is 0 Å². The minimum absolute atomic E-state index is 0. The normalized spacial score (nSPS) is 11.4. The number of nitrogens with zero attached hydrogens (tertiary/aromatic N) is 1. The summed E-state index contributed by atoms with van der Waals surface area (Å²) in [4.78, 5) is 0. The van der Waals surface area contributed by atoms with Crippen molar-refractivity contribution >= 4 is 71.1 Å². The van der Waals surface area contributed by atoms with Gasteiger partial charge in [-0.25, -0.2) is 0 Å². The Bertz CT molecular complexity index is 1480. The minimum atomic E-state index is -2.93. The molecule has 5 heteroatoms. The Kier molecular flexibility index (Phi) is 10.4. The van der Waals surface area contributed by atoms with E-state index in [1.165, 1.54) is 31.8 Å². The fourth-order valence-corrected chi connectivity index (χ4v) is 15.8. The van der Waals surface area contributed by atoms with E-state index in [-0.39, 0.29) is 24.8 Å². The van der Waals surface area contributed by atoms with Crippen molar-refractivity contribution in [2.75, 3.05) is 0 Å². The summed E-state index contributed by atoms with van der Waals surface area (Å²) >= 11 is 0. The molecule has 0 spiro atoms. The van der Waals surface area contributed by atoms with Gasteiger partial charge < -0.3 is 0 Å². The summed E-state index contributed by atoms with van der Waals surface area (Å²) in [5.74, 6) is 0. The summed E-state index contributed by atoms with van der Waals surface area (Å²) in [5, 5.41) is 7.66. The Morgan fingerprint density at radius 3 is 0.780 bits per heavy atom. The predicted molar refractivity (Wildman–Crippen MR) is 189 cm³/mol. The Labute approximate surface area is 256 Å². The molecule has 0 atom stereocenters. The monoisotopic (exact) mass is 611 g/mol. The summed E-state index contributed by atoms with van der Waals surface area (Å²) in [6.45, 7) is 0. The molecule has 0 radical (unpaired) electrons. The van der Waals surface area contributed by atoms with E-state index >= 15 is 0 Å². The van der Waals surface area contributed by atoms with Crippen molar-refractivity contribution in [3.8, 4) is 0 Å². The maximum atomic E-state index is 6.41. The SMILES string of the molecule is Cl.Cl.c1ccc(P(=N[PH](c2ccccc2)(c2ccccc2)c2ccccc2)(c2ccccc2)c2ccccc2)cc1. The zero-order valence-corrected chi connectivity index (χ0v) is 26.1. The standard InChI is InChI=1S/C36H31NP2.2ClH/c1-7-19-31(20-8-1)38(32-21-9-2-10-22-32,33-23-11-3-12-24-33)37-39(34-25-13-4-14-26-34,35-27-15-5-16-28-35)36-29-17-6-18-30-36;;/h1-30,38H;2*1H. The Morgan fingerprint density at radius 1 is 0.317 bits per heavy atom. The van der Waals surface area contributed by atoms with E-state index in [9.17, 15) is 0 Å². The second kappa shape index (κ2) is 14.0. The van der Waals surface area contributed by atoms with Gasteiger partial charge in [-0.05, 0) is 0 Å². The number of rotatable bonds is 7. The van der Waals surface area contributed by atoms with Gasteiger partial charge in [-0.15, -0.1) is 24.8 Å². The Hall–Kier alpha value is -3.44. The molecule has 41 heavy (non-hydrogen) atoms. The number of hydrogen-bond donors (Lipinski definition) is 0. The Morgan fingerprint density at radius 2 is 0.537 bits per heavy atom. The predicted octanol–water partition coefficient (Wildman–Crippen LogP) is 7.65. The van der Waals surface area contributed by atoms with Crippen molar-refractivity contribution in [2.45, 2.75) is 0 Å². The third-order valence-electron chi connectivity index (χ3n) is 7.26. The zero-order valence-electron chi connectivity index (χ0n) is 22.5. The van der Waals surface area contributed by atoms with Gasteiger partial charge in [0.15, 0.2) is 0 Å². The van der Waals surface area contributed by atoms with Crippen molar-refractivity contribution in [2.24, 2.45) is 4.52 Å². The summed E-state index contributed by atoms with van der Waals surface area (Å²) in [6, 6.07) is 65.8. The van der Waals surface area contributed by atoms with Crippen LogP contribution in [0.15, 0.2) is 187 Å². The van der Waals surface area contributed by atoms with Crippen molar-refractivity contribution in [3.05, 3.63) is 182 Å². The molecule has 0 aliphatic heterocycles. The summed E-state index contributed by atoms with van der Waals surface area (Å²) in [7, 11) is -5.42. The molecule has 6 rings (SSSR count). The average molecular weight is 613 g/mol. The molecule has 0 aromatic heterocycles. The van der Waals surface area contributed by atoms with Gasteiger partial charge in [0.25, 0.3) is 0 Å². The quantitative estimate of drug-likeness (QED) is 0.164. The summed E-state index contributed by atoms with van der Waals surface area (Å²) in [5.41, 5.74) is 0. The van der Waals surface area contributed by atoms with E-state index in [2.05, 4.69) is 182 Å². The molecule has 6 aromatic rings. The number of halogens is 2. The van der Waals surface area contributed by atoms with Crippen molar-refractivity contribution in [1.82, 2.24) is 0 Å². The molecule has 1 nitrogen and oxygen atoms in total. The molecule has 0 saturated heterocycles. The van der Waals surface area contributed by atoms with Crippen LogP contribution in [-0.2, 0) is 0 Å².